The van der Waals surface area contributed by atoms with Gasteiger partial charge in [0.1, 0.15) is 0 Å². The van der Waals surface area contributed by atoms with Crippen molar-refractivity contribution in [3.63, 3.8) is 0 Å². The lowest BCUT2D eigenvalue weighted by Gasteiger charge is -2.60. The average molecular weight is 598 g/mol. The second-order valence-electron chi connectivity index (χ2n) is 16.1. The number of nitrogens with zero attached hydrogens (tertiary/aromatic N) is 1. The van der Waals surface area contributed by atoms with Gasteiger partial charge in [0.25, 0.3) is 0 Å². The molecule has 2 unspecified atom stereocenters. The number of likely N-dealkylation sites (tertiary alicyclic amines) is 1. The van der Waals surface area contributed by atoms with Crippen LogP contribution >= 0.6 is 0 Å². The van der Waals surface area contributed by atoms with Crippen molar-refractivity contribution in [3.05, 3.63) is 11.6 Å². The Morgan fingerprint density at radius 1 is 0.930 bits per heavy atom. The Bertz CT molecular complexity index is 1130. The zero-order valence-electron chi connectivity index (χ0n) is 27.0. The number of ether oxygens (including phenoxy) is 5. The van der Waals surface area contributed by atoms with Gasteiger partial charge in [-0.2, -0.15) is 0 Å². The molecule has 7 nitrogen and oxygen atoms in total. The minimum atomic E-state index is 0.136. The van der Waals surface area contributed by atoms with Crippen LogP contribution in [-0.4, -0.2) is 94.9 Å². The third kappa shape index (κ3) is 4.23. The average Bonchev–Trinajstić information content (AvgIpc) is 3.47. The topological polar surface area (TPSA) is 66.5 Å². The summed E-state index contributed by atoms with van der Waals surface area (Å²) < 4.78 is 29.6. The Morgan fingerprint density at radius 3 is 2.49 bits per heavy atom. The quantitative estimate of drug-likeness (QED) is 0.291. The molecule has 0 bridgehead atoms. The molecule has 6 aliphatic carbocycles. The van der Waals surface area contributed by atoms with Crippen LogP contribution in [-0.2, 0) is 28.5 Å². The van der Waals surface area contributed by atoms with Gasteiger partial charge in [-0.25, -0.2) is 0 Å². The molecule has 0 aromatic heterocycles. The lowest BCUT2D eigenvalue weighted by atomic mass is 9.47. The minimum Gasteiger partial charge on any atom is -0.382 e. The number of rotatable bonds is 12. The van der Waals surface area contributed by atoms with E-state index in [4.69, 9.17) is 23.7 Å². The monoisotopic (exact) mass is 597 g/mol. The molecule has 0 amide bonds. The molecule has 2 saturated heterocycles. The molecule has 2 aliphatic heterocycles. The summed E-state index contributed by atoms with van der Waals surface area (Å²) >= 11 is 0. The third-order valence-electron chi connectivity index (χ3n) is 14.6. The summed E-state index contributed by atoms with van der Waals surface area (Å²) in [6, 6.07) is 0.570. The summed E-state index contributed by atoms with van der Waals surface area (Å²) in [4.78, 5) is 15.1. The van der Waals surface area contributed by atoms with Crippen LogP contribution in [0.1, 0.15) is 78.1 Å². The summed E-state index contributed by atoms with van der Waals surface area (Å²) in [7, 11) is 1.69. The maximum atomic E-state index is 12.3. The summed E-state index contributed by atoms with van der Waals surface area (Å²) in [6.45, 7) is 11.6. The number of piperidine rings is 1. The van der Waals surface area contributed by atoms with Crippen molar-refractivity contribution in [1.29, 1.82) is 0 Å². The van der Waals surface area contributed by atoms with Gasteiger partial charge in [-0.05, 0) is 98.4 Å². The first kappa shape index (κ1) is 29.6. The minimum absolute atomic E-state index is 0.136. The fraction of sp³-hybridized carbons (Fsp3) is 0.917. The largest absolute Gasteiger partial charge is 0.382 e. The number of fused-ring (bicyclic) bond motifs is 6. The molecule has 43 heavy (non-hydrogen) atoms. The number of hydrogen-bond donors (Lipinski definition) is 0. The van der Waals surface area contributed by atoms with Gasteiger partial charge < -0.3 is 23.7 Å². The van der Waals surface area contributed by atoms with Gasteiger partial charge in [0.05, 0.1) is 58.0 Å². The molecule has 7 fully saturated rings. The van der Waals surface area contributed by atoms with Crippen LogP contribution in [0.2, 0.25) is 0 Å². The number of carbonyl (C=O) groups excluding carboxylic acids is 1. The number of methoxy groups -OCH3 is 1. The molecule has 2 heterocycles. The maximum absolute atomic E-state index is 12.3. The molecule has 11 atom stereocenters. The van der Waals surface area contributed by atoms with E-state index in [2.05, 4.69) is 24.8 Å². The number of ketones is 1. The van der Waals surface area contributed by atoms with Crippen molar-refractivity contribution in [3.8, 4) is 0 Å². The number of hydrogen-bond acceptors (Lipinski definition) is 7. The van der Waals surface area contributed by atoms with Crippen LogP contribution in [0.25, 0.3) is 0 Å². The zero-order chi connectivity index (χ0) is 29.5. The fourth-order valence-electron chi connectivity index (χ4n) is 12.9. The van der Waals surface area contributed by atoms with Crippen molar-refractivity contribution < 1.29 is 28.5 Å². The molecule has 240 valence electrons. The first-order chi connectivity index (χ1) is 20.9. The van der Waals surface area contributed by atoms with Gasteiger partial charge in [-0.15, -0.1) is 0 Å². The predicted molar refractivity (Wildman–Crippen MR) is 163 cm³/mol. The van der Waals surface area contributed by atoms with E-state index in [0.29, 0.717) is 80.2 Å². The van der Waals surface area contributed by atoms with E-state index < -0.39 is 0 Å². The molecule has 0 N–H and O–H groups in total. The highest BCUT2D eigenvalue weighted by atomic mass is 16.6. The summed E-state index contributed by atoms with van der Waals surface area (Å²) in [6.07, 6.45) is 14.9. The van der Waals surface area contributed by atoms with E-state index >= 15 is 0 Å². The predicted octanol–water partition coefficient (Wildman–Crippen LogP) is 5.06. The van der Waals surface area contributed by atoms with Gasteiger partial charge >= 0.3 is 0 Å². The smallest absolute Gasteiger partial charge is 0.155 e. The standard InChI is InChI=1S/C36H55NO6/c1-24-18-31-32(37(22-24)10-11-40-14-15-42-17-16-41-13-12-39-3)30-21-35-23-34(35)20-29-27(28(34)7-9-36(30,35)43-31)5-4-25-19-26(38)6-8-33(25,29)2/h19,24,27-32H,4-18,20-23H2,1-3H3/t24-,27-,28-,29-,30+,31+,32-,33-,34?,35?,36+/m0/s1. The normalized spacial score (nSPS) is 49.0. The SMILES string of the molecule is COCCOCCOCCOCCN1C[C@@H](C)C[C@H]2O[C@@]34CC[C@H]5[C@@H]6CCC7=CC(=O)CC[C@]7(C)[C@H]6CC56CC63C[C@@H]4[C@@H]21. The van der Waals surface area contributed by atoms with Crippen molar-refractivity contribution in [2.75, 3.05) is 66.4 Å². The van der Waals surface area contributed by atoms with Crippen LogP contribution in [0, 0.1) is 45.8 Å². The highest BCUT2D eigenvalue weighted by Gasteiger charge is 2.91. The van der Waals surface area contributed by atoms with Crippen LogP contribution in [0.4, 0.5) is 0 Å². The van der Waals surface area contributed by atoms with Crippen LogP contribution in [0.3, 0.4) is 0 Å². The molecular weight excluding hydrogens is 542 g/mol. The van der Waals surface area contributed by atoms with Crippen LogP contribution in [0.15, 0.2) is 11.6 Å². The van der Waals surface area contributed by atoms with E-state index in [1.54, 1.807) is 7.11 Å². The second-order valence-corrected chi connectivity index (χ2v) is 16.1. The molecule has 0 aromatic carbocycles. The Hall–Kier alpha value is -0.830. The van der Waals surface area contributed by atoms with Crippen LogP contribution in [0.5, 0.6) is 0 Å². The van der Waals surface area contributed by atoms with Gasteiger partial charge in [0.15, 0.2) is 5.78 Å². The molecule has 0 aromatic rings. The molecule has 0 radical (unpaired) electrons. The van der Waals surface area contributed by atoms with Crippen molar-refractivity contribution in [1.82, 2.24) is 4.90 Å². The molecule has 7 heteroatoms. The van der Waals surface area contributed by atoms with E-state index in [1.165, 1.54) is 63.5 Å². The maximum Gasteiger partial charge on any atom is 0.155 e. The fourth-order valence-corrected chi connectivity index (χ4v) is 12.9. The highest BCUT2D eigenvalue weighted by Crippen LogP contribution is 2.93. The van der Waals surface area contributed by atoms with Crippen molar-refractivity contribution >= 4 is 5.78 Å². The molecule has 3 spiro atoms. The summed E-state index contributed by atoms with van der Waals surface area (Å²) in [5, 5.41) is 0. The first-order valence-electron chi connectivity index (χ1n) is 17.8. The molecule has 8 rings (SSSR count). The Balaban J connectivity index is 0.896. The number of carbonyl (C=O) groups is 1. The van der Waals surface area contributed by atoms with Crippen molar-refractivity contribution in [2.24, 2.45) is 45.8 Å². The van der Waals surface area contributed by atoms with E-state index in [1.807, 2.05) is 0 Å². The lowest BCUT2D eigenvalue weighted by molar-refractivity contribution is -0.211. The van der Waals surface area contributed by atoms with Crippen LogP contribution < -0.4 is 0 Å². The Morgan fingerprint density at radius 2 is 1.70 bits per heavy atom. The highest BCUT2D eigenvalue weighted by molar-refractivity contribution is 5.91. The Kier molecular flexibility index (Phi) is 7.47. The van der Waals surface area contributed by atoms with Crippen molar-refractivity contribution in [2.45, 2.75) is 95.8 Å². The van der Waals surface area contributed by atoms with Gasteiger partial charge in [-0.1, -0.05) is 19.4 Å². The molecular formula is C36H55NO6. The lowest BCUT2D eigenvalue weighted by Crippen LogP contribution is -2.64. The van der Waals surface area contributed by atoms with E-state index in [-0.39, 0.29) is 11.0 Å². The van der Waals surface area contributed by atoms with Gasteiger partial charge in [0.2, 0.25) is 0 Å². The second kappa shape index (κ2) is 10.9. The van der Waals surface area contributed by atoms with E-state index in [0.717, 1.165) is 43.7 Å². The molecule has 5 saturated carbocycles. The van der Waals surface area contributed by atoms with Gasteiger partial charge in [0, 0.05) is 44.0 Å². The first-order valence-corrected chi connectivity index (χ1v) is 17.8. The summed E-state index contributed by atoms with van der Waals surface area (Å²) in [5.74, 6) is 4.30. The number of allylic oxidation sites excluding steroid dienone is 2. The van der Waals surface area contributed by atoms with Gasteiger partial charge in [-0.3, -0.25) is 9.69 Å². The zero-order valence-corrected chi connectivity index (χ0v) is 27.0. The summed E-state index contributed by atoms with van der Waals surface area (Å²) in [5.41, 5.74) is 2.88. The third-order valence-corrected chi connectivity index (χ3v) is 14.6. The molecule has 8 aliphatic rings. The van der Waals surface area contributed by atoms with E-state index in [9.17, 15) is 4.79 Å². The Labute approximate surface area is 258 Å².